The number of thiazole rings is 1. The van der Waals surface area contributed by atoms with Crippen LogP contribution >= 0.6 is 23.7 Å². The van der Waals surface area contributed by atoms with E-state index in [-0.39, 0.29) is 29.6 Å². The first-order valence-electron chi connectivity index (χ1n) is 7.40. The van der Waals surface area contributed by atoms with E-state index < -0.39 is 0 Å². The number of carbonyl (C=O) groups excluding carboxylic acids is 1. The van der Waals surface area contributed by atoms with Crippen LogP contribution in [0.3, 0.4) is 0 Å². The van der Waals surface area contributed by atoms with Crippen LogP contribution in [0, 0.1) is 5.92 Å². The Labute approximate surface area is 137 Å². The molecule has 1 saturated heterocycles. The van der Waals surface area contributed by atoms with E-state index in [1.807, 2.05) is 0 Å². The van der Waals surface area contributed by atoms with Gasteiger partial charge in [-0.2, -0.15) is 0 Å². The number of aromatic nitrogens is 1. The number of rotatable bonds is 4. The van der Waals surface area contributed by atoms with E-state index in [4.69, 9.17) is 0 Å². The first-order chi connectivity index (χ1) is 9.47. The molecule has 0 bridgehead atoms. The molecule has 1 fully saturated rings. The van der Waals surface area contributed by atoms with E-state index in [0.717, 1.165) is 43.1 Å². The Kier molecular flexibility index (Phi) is 7.10. The molecule has 1 aliphatic rings. The summed E-state index contributed by atoms with van der Waals surface area (Å²) in [6, 6.07) is 0. The molecule has 2 rings (SSSR count). The Morgan fingerprint density at radius 1 is 1.43 bits per heavy atom. The van der Waals surface area contributed by atoms with Crippen molar-refractivity contribution in [1.29, 1.82) is 0 Å². The molecular formula is C15H26ClN3OS. The molecule has 1 amide bonds. The molecule has 4 nitrogen and oxygen atoms in total. The highest BCUT2D eigenvalue weighted by molar-refractivity contribution is 7.09. The van der Waals surface area contributed by atoms with Crippen LogP contribution < -0.4 is 10.6 Å². The Morgan fingerprint density at radius 3 is 2.67 bits per heavy atom. The van der Waals surface area contributed by atoms with Gasteiger partial charge in [0.25, 0.3) is 0 Å². The number of halogens is 1. The molecule has 120 valence electrons. The topological polar surface area (TPSA) is 54.0 Å². The van der Waals surface area contributed by atoms with Crippen molar-refractivity contribution in [2.24, 2.45) is 5.92 Å². The van der Waals surface area contributed by atoms with Crippen molar-refractivity contribution >= 4 is 29.7 Å². The summed E-state index contributed by atoms with van der Waals surface area (Å²) < 4.78 is 0. The summed E-state index contributed by atoms with van der Waals surface area (Å²) in [4.78, 5) is 16.6. The van der Waals surface area contributed by atoms with Crippen LogP contribution in [0.2, 0.25) is 0 Å². The highest BCUT2D eigenvalue weighted by Crippen LogP contribution is 2.23. The van der Waals surface area contributed by atoms with Gasteiger partial charge >= 0.3 is 0 Å². The smallest absolute Gasteiger partial charge is 0.223 e. The quantitative estimate of drug-likeness (QED) is 0.891. The Morgan fingerprint density at radius 2 is 2.10 bits per heavy atom. The van der Waals surface area contributed by atoms with Crippen molar-refractivity contribution in [3.63, 3.8) is 0 Å². The average molecular weight is 332 g/mol. The molecular weight excluding hydrogens is 306 g/mol. The standard InChI is InChI=1S/C15H25N3OS.ClH/c1-15(2,3)12-10-20-13(18-12)6-9-17-14(19)11-4-7-16-8-5-11;/h10-11,16H,4-9H2,1-3H3,(H,17,19);1H. The van der Waals surface area contributed by atoms with E-state index >= 15 is 0 Å². The van der Waals surface area contributed by atoms with Gasteiger partial charge in [-0.15, -0.1) is 23.7 Å². The lowest BCUT2D eigenvalue weighted by Crippen LogP contribution is -2.38. The number of carbonyl (C=O) groups is 1. The third-order valence-corrected chi connectivity index (χ3v) is 4.58. The number of hydrogen-bond donors (Lipinski definition) is 2. The Bertz CT molecular complexity index is 450. The van der Waals surface area contributed by atoms with Crippen LogP contribution in [0.4, 0.5) is 0 Å². The van der Waals surface area contributed by atoms with Gasteiger partial charge < -0.3 is 10.6 Å². The minimum atomic E-state index is 0. The molecule has 2 N–H and O–H groups in total. The zero-order chi connectivity index (χ0) is 14.6. The highest BCUT2D eigenvalue weighted by Gasteiger charge is 2.21. The summed E-state index contributed by atoms with van der Waals surface area (Å²) >= 11 is 1.69. The normalized spacial score (nSPS) is 16.3. The molecule has 0 unspecified atom stereocenters. The van der Waals surface area contributed by atoms with Gasteiger partial charge in [0.05, 0.1) is 10.7 Å². The number of hydrogen-bond acceptors (Lipinski definition) is 4. The Hall–Kier alpha value is -0.650. The van der Waals surface area contributed by atoms with E-state index in [1.54, 1.807) is 11.3 Å². The maximum atomic E-state index is 12.0. The van der Waals surface area contributed by atoms with E-state index in [0.29, 0.717) is 6.54 Å². The first-order valence-corrected chi connectivity index (χ1v) is 8.28. The number of nitrogens with zero attached hydrogens (tertiary/aromatic N) is 1. The molecule has 1 aromatic heterocycles. The van der Waals surface area contributed by atoms with Gasteiger partial charge in [-0.05, 0) is 25.9 Å². The molecule has 0 aliphatic carbocycles. The van der Waals surface area contributed by atoms with Gasteiger partial charge in [-0.1, -0.05) is 20.8 Å². The van der Waals surface area contributed by atoms with Crippen molar-refractivity contribution in [2.75, 3.05) is 19.6 Å². The van der Waals surface area contributed by atoms with Crippen LogP contribution in [0.15, 0.2) is 5.38 Å². The van der Waals surface area contributed by atoms with Gasteiger partial charge in [-0.3, -0.25) is 4.79 Å². The zero-order valence-corrected chi connectivity index (χ0v) is 14.7. The molecule has 0 saturated carbocycles. The molecule has 0 aromatic carbocycles. The number of piperidine rings is 1. The van der Waals surface area contributed by atoms with Crippen LogP contribution in [0.25, 0.3) is 0 Å². The number of amides is 1. The summed E-state index contributed by atoms with van der Waals surface area (Å²) in [5, 5.41) is 9.57. The molecule has 21 heavy (non-hydrogen) atoms. The third-order valence-electron chi connectivity index (χ3n) is 3.67. The van der Waals surface area contributed by atoms with Gasteiger partial charge in [-0.25, -0.2) is 4.98 Å². The minimum Gasteiger partial charge on any atom is -0.355 e. The zero-order valence-electron chi connectivity index (χ0n) is 13.1. The van der Waals surface area contributed by atoms with Crippen LogP contribution in [-0.2, 0) is 16.6 Å². The fourth-order valence-corrected chi connectivity index (χ4v) is 3.32. The van der Waals surface area contributed by atoms with Crippen LogP contribution in [0.1, 0.15) is 44.3 Å². The van der Waals surface area contributed by atoms with E-state index in [2.05, 4.69) is 41.8 Å². The van der Waals surface area contributed by atoms with Gasteiger partial charge in [0.15, 0.2) is 0 Å². The molecule has 1 aromatic rings. The maximum absolute atomic E-state index is 12.0. The fourth-order valence-electron chi connectivity index (χ4n) is 2.29. The van der Waals surface area contributed by atoms with E-state index in [1.165, 1.54) is 0 Å². The molecule has 0 radical (unpaired) electrons. The van der Waals surface area contributed by atoms with Crippen molar-refractivity contribution in [2.45, 2.75) is 45.4 Å². The van der Waals surface area contributed by atoms with Crippen molar-refractivity contribution in [3.8, 4) is 0 Å². The highest BCUT2D eigenvalue weighted by atomic mass is 35.5. The van der Waals surface area contributed by atoms with Gasteiger partial charge in [0.1, 0.15) is 0 Å². The average Bonchev–Trinajstić information content (AvgIpc) is 2.88. The third kappa shape index (κ3) is 5.57. The van der Waals surface area contributed by atoms with Crippen molar-refractivity contribution < 1.29 is 4.79 Å². The monoisotopic (exact) mass is 331 g/mol. The largest absolute Gasteiger partial charge is 0.355 e. The lowest BCUT2D eigenvalue weighted by molar-refractivity contribution is -0.125. The summed E-state index contributed by atoms with van der Waals surface area (Å²) in [6.45, 7) is 9.12. The summed E-state index contributed by atoms with van der Waals surface area (Å²) in [5.41, 5.74) is 1.25. The molecule has 0 spiro atoms. The maximum Gasteiger partial charge on any atom is 0.223 e. The second kappa shape index (κ2) is 8.11. The van der Waals surface area contributed by atoms with Crippen LogP contribution in [-0.4, -0.2) is 30.5 Å². The summed E-state index contributed by atoms with van der Waals surface area (Å²) in [7, 11) is 0. The number of nitrogens with one attached hydrogen (secondary N) is 2. The predicted molar refractivity (Wildman–Crippen MR) is 90.4 cm³/mol. The van der Waals surface area contributed by atoms with Crippen LogP contribution in [0.5, 0.6) is 0 Å². The summed E-state index contributed by atoms with van der Waals surface area (Å²) in [6.07, 6.45) is 2.74. The molecule has 6 heteroatoms. The summed E-state index contributed by atoms with van der Waals surface area (Å²) in [5.74, 6) is 0.400. The lowest BCUT2D eigenvalue weighted by atomic mass is 9.93. The molecule has 1 aliphatic heterocycles. The molecule has 0 atom stereocenters. The van der Waals surface area contributed by atoms with Gasteiger partial charge in [0, 0.05) is 29.7 Å². The van der Waals surface area contributed by atoms with E-state index in [9.17, 15) is 4.79 Å². The fraction of sp³-hybridized carbons (Fsp3) is 0.733. The minimum absolute atomic E-state index is 0. The lowest BCUT2D eigenvalue weighted by Gasteiger charge is -2.21. The molecule has 2 heterocycles. The Balaban J connectivity index is 0.00000220. The SMILES string of the molecule is CC(C)(C)c1csc(CCNC(=O)C2CCNCC2)n1.Cl. The second-order valence-electron chi connectivity index (χ2n) is 6.44. The van der Waals surface area contributed by atoms with Gasteiger partial charge in [0.2, 0.25) is 5.91 Å². The predicted octanol–water partition coefficient (Wildman–Crippen LogP) is 2.52. The van der Waals surface area contributed by atoms with Crippen molar-refractivity contribution in [1.82, 2.24) is 15.6 Å². The van der Waals surface area contributed by atoms with Crippen molar-refractivity contribution in [3.05, 3.63) is 16.1 Å². The second-order valence-corrected chi connectivity index (χ2v) is 7.38. The first kappa shape index (κ1) is 18.4.